The van der Waals surface area contributed by atoms with Crippen molar-refractivity contribution >= 4 is 32.2 Å². The Morgan fingerprint density at radius 2 is 1.84 bits per heavy atom. The lowest BCUT2D eigenvalue weighted by atomic mass is 10.1. The van der Waals surface area contributed by atoms with Crippen molar-refractivity contribution in [3.8, 4) is 0 Å². The zero-order valence-corrected chi connectivity index (χ0v) is 13.4. The van der Waals surface area contributed by atoms with Crippen LogP contribution in [0.25, 0.3) is 0 Å². The molecule has 1 rings (SSSR count). The van der Waals surface area contributed by atoms with Crippen molar-refractivity contribution in [3.05, 3.63) is 29.8 Å². The zero-order valence-electron chi connectivity index (χ0n) is 11.0. The third kappa shape index (κ3) is 5.04. The van der Waals surface area contributed by atoms with E-state index in [1.54, 1.807) is 12.1 Å². The first-order chi connectivity index (χ1) is 8.89. The van der Waals surface area contributed by atoms with Gasteiger partial charge in [-0.25, -0.2) is 13.1 Å². The van der Waals surface area contributed by atoms with E-state index >= 15 is 0 Å². The Kier molecular flexibility index (Phi) is 6.16. The van der Waals surface area contributed by atoms with E-state index in [-0.39, 0.29) is 10.8 Å². The molecular weight excluding hydrogens is 330 g/mol. The summed E-state index contributed by atoms with van der Waals surface area (Å²) in [7, 11) is -3.64. The van der Waals surface area contributed by atoms with E-state index in [2.05, 4.69) is 20.7 Å². The molecule has 0 aromatic heterocycles. The molecule has 0 amide bonds. The van der Waals surface area contributed by atoms with E-state index < -0.39 is 16.1 Å². The first-order valence-corrected chi connectivity index (χ1v) is 8.62. The number of carbonyl (C=O) groups is 1. The Labute approximate surface area is 122 Å². The second-order valence-electron chi connectivity index (χ2n) is 4.77. The van der Waals surface area contributed by atoms with Gasteiger partial charge in [0.05, 0.1) is 10.9 Å². The lowest BCUT2D eigenvalue weighted by Gasteiger charge is -2.15. The van der Waals surface area contributed by atoms with E-state index in [1.807, 2.05) is 13.8 Å². The van der Waals surface area contributed by atoms with E-state index in [0.717, 1.165) is 5.56 Å². The van der Waals surface area contributed by atoms with E-state index in [9.17, 15) is 13.2 Å². The van der Waals surface area contributed by atoms with Gasteiger partial charge in [-0.2, -0.15) is 0 Å². The van der Waals surface area contributed by atoms with Gasteiger partial charge in [0.25, 0.3) is 0 Å². The maximum atomic E-state index is 12.1. The predicted molar refractivity (Wildman–Crippen MR) is 78.7 cm³/mol. The number of hydrogen-bond donors (Lipinski definition) is 1. The first kappa shape index (κ1) is 16.3. The van der Waals surface area contributed by atoms with Crippen LogP contribution in [0.15, 0.2) is 29.2 Å². The van der Waals surface area contributed by atoms with Crippen LogP contribution in [-0.4, -0.2) is 20.7 Å². The van der Waals surface area contributed by atoms with Gasteiger partial charge in [-0.3, -0.25) is 0 Å². The van der Waals surface area contributed by atoms with Crippen molar-refractivity contribution in [2.45, 2.75) is 36.5 Å². The van der Waals surface area contributed by atoms with Crippen LogP contribution < -0.4 is 4.72 Å². The molecule has 0 spiro atoms. The predicted octanol–water partition coefficient (Wildman–Crippen LogP) is 2.47. The number of alkyl halides is 1. The lowest BCUT2D eigenvalue weighted by Crippen LogP contribution is -2.36. The summed E-state index contributed by atoms with van der Waals surface area (Å²) in [5, 5.41) is 0.672. The minimum atomic E-state index is -3.64. The average Bonchev–Trinajstić information content (AvgIpc) is 2.37. The Morgan fingerprint density at radius 3 is 2.26 bits per heavy atom. The summed E-state index contributed by atoms with van der Waals surface area (Å²) in [6.07, 6.45) is 1.13. The van der Waals surface area contributed by atoms with Crippen molar-refractivity contribution in [3.63, 3.8) is 0 Å². The Morgan fingerprint density at radius 1 is 1.26 bits per heavy atom. The quantitative estimate of drug-likeness (QED) is 0.608. The number of hydrogen-bond acceptors (Lipinski definition) is 3. The van der Waals surface area contributed by atoms with E-state index in [1.165, 1.54) is 12.1 Å². The van der Waals surface area contributed by atoms with Crippen LogP contribution in [0, 0.1) is 5.92 Å². The molecule has 1 aromatic rings. The highest BCUT2D eigenvalue weighted by molar-refractivity contribution is 9.08. The van der Waals surface area contributed by atoms with Gasteiger partial charge in [0.15, 0.2) is 0 Å². The van der Waals surface area contributed by atoms with Gasteiger partial charge < -0.3 is 4.79 Å². The van der Waals surface area contributed by atoms with E-state index in [4.69, 9.17) is 0 Å². The Balaban J connectivity index is 2.87. The third-order valence-corrected chi connectivity index (χ3v) is 4.74. The molecule has 0 fully saturated rings. The second-order valence-corrected chi connectivity index (χ2v) is 7.05. The largest absolute Gasteiger partial charge is 0.302 e. The number of nitrogens with one attached hydrogen (secondary N) is 1. The van der Waals surface area contributed by atoms with Crippen LogP contribution >= 0.6 is 15.9 Å². The topological polar surface area (TPSA) is 63.2 Å². The number of aldehydes is 1. The number of sulfonamides is 1. The van der Waals surface area contributed by atoms with Gasteiger partial charge in [-0.05, 0) is 30.0 Å². The number of benzene rings is 1. The van der Waals surface area contributed by atoms with Crippen molar-refractivity contribution < 1.29 is 13.2 Å². The standard InChI is InChI=1S/C13H18BrNO3S/c1-10(2)7-12(9-16)15-19(17,18)13-5-3-11(8-14)4-6-13/h3-6,9-10,12,15H,7-8H2,1-2H3/t12-/m0/s1. The smallest absolute Gasteiger partial charge is 0.241 e. The van der Waals surface area contributed by atoms with Crippen molar-refractivity contribution in [1.82, 2.24) is 4.72 Å². The molecule has 6 heteroatoms. The Hall–Kier alpha value is -0.720. The van der Waals surface area contributed by atoms with Crippen molar-refractivity contribution in [1.29, 1.82) is 0 Å². The molecule has 4 nitrogen and oxygen atoms in total. The summed E-state index contributed by atoms with van der Waals surface area (Å²) >= 11 is 3.30. The third-order valence-electron chi connectivity index (χ3n) is 2.58. The number of halogens is 1. The zero-order chi connectivity index (χ0) is 14.5. The Bertz CT molecular complexity index is 511. The van der Waals surface area contributed by atoms with Crippen LogP contribution in [-0.2, 0) is 20.1 Å². The van der Waals surface area contributed by atoms with Crippen molar-refractivity contribution in [2.24, 2.45) is 5.92 Å². The number of rotatable bonds is 7. The summed E-state index contributed by atoms with van der Waals surface area (Å²) in [6, 6.07) is 5.87. The molecule has 0 bridgehead atoms. The van der Waals surface area contributed by atoms with Crippen LogP contribution in [0.5, 0.6) is 0 Å². The highest BCUT2D eigenvalue weighted by Crippen LogP contribution is 2.14. The van der Waals surface area contributed by atoms with Gasteiger partial charge in [0.2, 0.25) is 10.0 Å². The molecule has 1 atom stereocenters. The van der Waals surface area contributed by atoms with Gasteiger partial charge in [0.1, 0.15) is 6.29 Å². The molecule has 0 unspecified atom stereocenters. The SMILES string of the molecule is CC(C)C[C@@H](C=O)NS(=O)(=O)c1ccc(CBr)cc1. The normalized spacial score (nSPS) is 13.5. The molecular formula is C13H18BrNO3S. The average molecular weight is 348 g/mol. The molecule has 0 saturated heterocycles. The lowest BCUT2D eigenvalue weighted by molar-refractivity contribution is -0.109. The fourth-order valence-corrected chi connectivity index (χ4v) is 3.22. The van der Waals surface area contributed by atoms with Crippen LogP contribution in [0.1, 0.15) is 25.8 Å². The fraction of sp³-hybridized carbons (Fsp3) is 0.462. The maximum Gasteiger partial charge on any atom is 0.241 e. The summed E-state index contributed by atoms with van der Waals surface area (Å²) in [4.78, 5) is 11.1. The van der Waals surface area contributed by atoms with Crippen molar-refractivity contribution in [2.75, 3.05) is 0 Å². The second kappa shape index (κ2) is 7.17. The first-order valence-electron chi connectivity index (χ1n) is 6.01. The van der Waals surface area contributed by atoms with E-state index in [0.29, 0.717) is 18.0 Å². The minimum Gasteiger partial charge on any atom is -0.302 e. The monoisotopic (exact) mass is 347 g/mol. The summed E-state index contributed by atoms with van der Waals surface area (Å²) in [5.41, 5.74) is 0.994. The van der Waals surface area contributed by atoms with Gasteiger partial charge in [0, 0.05) is 5.33 Å². The fourth-order valence-electron chi connectivity index (χ4n) is 1.66. The molecule has 0 saturated carbocycles. The summed E-state index contributed by atoms with van der Waals surface area (Å²) in [5.74, 6) is 0.244. The maximum absolute atomic E-state index is 12.1. The molecule has 0 aliphatic carbocycles. The summed E-state index contributed by atoms with van der Waals surface area (Å²) < 4.78 is 26.6. The minimum absolute atomic E-state index is 0.174. The number of carbonyl (C=O) groups excluding carboxylic acids is 1. The molecule has 106 valence electrons. The van der Waals surface area contributed by atoms with Gasteiger partial charge in [-0.15, -0.1) is 0 Å². The van der Waals surface area contributed by atoms with Gasteiger partial charge >= 0.3 is 0 Å². The van der Waals surface area contributed by atoms with Crippen LogP contribution in [0.2, 0.25) is 0 Å². The molecule has 1 N–H and O–H groups in total. The van der Waals surface area contributed by atoms with Crippen LogP contribution in [0.4, 0.5) is 0 Å². The molecule has 1 aromatic carbocycles. The highest BCUT2D eigenvalue weighted by atomic mass is 79.9. The molecule has 0 radical (unpaired) electrons. The van der Waals surface area contributed by atoms with Gasteiger partial charge in [-0.1, -0.05) is 41.9 Å². The summed E-state index contributed by atoms with van der Waals surface area (Å²) in [6.45, 7) is 3.88. The highest BCUT2D eigenvalue weighted by Gasteiger charge is 2.20. The molecule has 19 heavy (non-hydrogen) atoms. The molecule has 0 aliphatic rings. The van der Waals surface area contributed by atoms with Crippen LogP contribution in [0.3, 0.4) is 0 Å². The molecule has 0 heterocycles. The molecule has 0 aliphatic heterocycles.